The van der Waals surface area contributed by atoms with Crippen molar-refractivity contribution >= 4 is 6.08 Å². The number of rotatable bonds is 0. The Labute approximate surface area is 87.9 Å². The van der Waals surface area contributed by atoms with Crippen LogP contribution in [-0.4, -0.2) is 17.3 Å². The molecular weight excluding hydrogens is 192 g/mol. The minimum absolute atomic E-state index is 0.0122. The molecule has 0 radical (unpaired) electrons. The molecule has 0 unspecified atom stereocenters. The van der Waals surface area contributed by atoms with E-state index in [0.29, 0.717) is 0 Å². The fourth-order valence-electron chi connectivity index (χ4n) is 2.07. The maximum atomic E-state index is 9.79. The summed E-state index contributed by atoms with van der Waals surface area (Å²) in [5.41, 5.74) is 1.70. The number of hydrogen-bond acceptors (Lipinski definition) is 3. The predicted molar refractivity (Wildman–Crippen MR) is 55.3 cm³/mol. The Kier molecular flexibility index (Phi) is 1.84. The zero-order valence-electron chi connectivity index (χ0n) is 8.38. The minimum atomic E-state index is -0.434. The van der Waals surface area contributed by atoms with E-state index in [1.165, 1.54) is 0 Å². The van der Waals surface area contributed by atoms with E-state index in [0.717, 1.165) is 11.1 Å². The van der Waals surface area contributed by atoms with Gasteiger partial charge in [-0.2, -0.15) is 0 Å². The standard InChI is InChI=1S/C12H12O3/c1-7-10-6-5-8-3-2-4-9(13)11(8)12(14-7)15-10/h2-7,10,12-13H,1H3/t7-,10-,12+/m1/s1. The molecule has 1 saturated heterocycles. The van der Waals surface area contributed by atoms with Gasteiger partial charge in [-0.05, 0) is 18.6 Å². The number of benzene rings is 1. The fraction of sp³-hybridized carbons (Fsp3) is 0.333. The maximum Gasteiger partial charge on any atom is 0.189 e. The molecule has 0 saturated carbocycles. The molecular formula is C12H12O3. The summed E-state index contributed by atoms with van der Waals surface area (Å²) in [6.07, 6.45) is 3.56. The first kappa shape index (κ1) is 8.95. The molecule has 78 valence electrons. The van der Waals surface area contributed by atoms with Crippen LogP contribution in [0.25, 0.3) is 6.08 Å². The first-order chi connectivity index (χ1) is 7.25. The zero-order valence-corrected chi connectivity index (χ0v) is 8.38. The number of aromatic hydroxyl groups is 1. The molecule has 2 aliphatic heterocycles. The smallest absolute Gasteiger partial charge is 0.189 e. The summed E-state index contributed by atoms with van der Waals surface area (Å²) >= 11 is 0. The molecule has 2 heterocycles. The zero-order chi connectivity index (χ0) is 10.4. The van der Waals surface area contributed by atoms with Crippen LogP contribution in [-0.2, 0) is 9.47 Å². The third kappa shape index (κ3) is 1.28. The number of phenols is 1. The summed E-state index contributed by atoms with van der Waals surface area (Å²) in [6, 6.07) is 5.42. The summed E-state index contributed by atoms with van der Waals surface area (Å²) in [5, 5.41) is 9.79. The van der Waals surface area contributed by atoms with E-state index in [1.807, 2.05) is 31.2 Å². The molecule has 1 N–H and O–H groups in total. The molecule has 0 aromatic heterocycles. The van der Waals surface area contributed by atoms with Crippen LogP contribution in [0.15, 0.2) is 24.3 Å². The van der Waals surface area contributed by atoms with Crippen molar-refractivity contribution in [3.63, 3.8) is 0 Å². The molecule has 0 spiro atoms. The fourth-order valence-corrected chi connectivity index (χ4v) is 2.07. The van der Waals surface area contributed by atoms with E-state index in [9.17, 15) is 5.11 Å². The topological polar surface area (TPSA) is 38.7 Å². The van der Waals surface area contributed by atoms with Crippen molar-refractivity contribution in [2.75, 3.05) is 0 Å². The van der Waals surface area contributed by atoms with Crippen LogP contribution in [0.1, 0.15) is 24.3 Å². The summed E-state index contributed by atoms with van der Waals surface area (Å²) in [6.45, 7) is 1.97. The van der Waals surface area contributed by atoms with Gasteiger partial charge in [0.05, 0.1) is 11.7 Å². The Morgan fingerprint density at radius 1 is 1.27 bits per heavy atom. The highest BCUT2D eigenvalue weighted by Gasteiger charge is 2.36. The number of fused-ring (bicyclic) bond motifs is 4. The molecule has 1 aromatic rings. The number of phenolic OH excluding ortho intramolecular Hbond substituents is 1. The van der Waals surface area contributed by atoms with Crippen LogP contribution in [0.3, 0.4) is 0 Å². The van der Waals surface area contributed by atoms with Gasteiger partial charge in [0.15, 0.2) is 6.29 Å². The van der Waals surface area contributed by atoms with Crippen LogP contribution < -0.4 is 0 Å². The molecule has 2 bridgehead atoms. The highest BCUT2D eigenvalue weighted by Crippen LogP contribution is 2.40. The lowest BCUT2D eigenvalue weighted by Gasteiger charge is -2.14. The maximum absolute atomic E-state index is 9.79. The lowest BCUT2D eigenvalue weighted by atomic mass is 10.0. The van der Waals surface area contributed by atoms with Crippen molar-refractivity contribution in [1.29, 1.82) is 0 Å². The Hall–Kier alpha value is -1.32. The minimum Gasteiger partial charge on any atom is -0.507 e. The Morgan fingerprint density at radius 2 is 2.13 bits per heavy atom. The Balaban J connectivity index is 2.15. The van der Waals surface area contributed by atoms with Gasteiger partial charge in [-0.1, -0.05) is 24.3 Å². The van der Waals surface area contributed by atoms with Gasteiger partial charge in [-0.3, -0.25) is 0 Å². The van der Waals surface area contributed by atoms with E-state index in [-0.39, 0.29) is 18.0 Å². The van der Waals surface area contributed by atoms with Gasteiger partial charge < -0.3 is 14.6 Å². The van der Waals surface area contributed by atoms with E-state index >= 15 is 0 Å². The van der Waals surface area contributed by atoms with Crippen molar-refractivity contribution in [1.82, 2.24) is 0 Å². The number of ether oxygens (including phenoxy) is 2. The molecule has 15 heavy (non-hydrogen) atoms. The second kappa shape index (κ2) is 3.08. The van der Waals surface area contributed by atoms with E-state index in [2.05, 4.69) is 0 Å². The first-order valence-corrected chi connectivity index (χ1v) is 5.07. The summed E-state index contributed by atoms with van der Waals surface area (Å²) < 4.78 is 11.3. The second-order valence-electron chi connectivity index (χ2n) is 3.91. The van der Waals surface area contributed by atoms with Crippen LogP contribution in [0.4, 0.5) is 0 Å². The van der Waals surface area contributed by atoms with Crippen molar-refractivity contribution in [3.8, 4) is 5.75 Å². The highest BCUT2D eigenvalue weighted by molar-refractivity contribution is 5.60. The van der Waals surface area contributed by atoms with Crippen molar-refractivity contribution in [2.24, 2.45) is 0 Å². The van der Waals surface area contributed by atoms with Gasteiger partial charge in [0.2, 0.25) is 0 Å². The Morgan fingerprint density at radius 3 is 3.00 bits per heavy atom. The van der Waals surface area contributed by atoms with Crippen molar-refractivity contribution in [2.45, 2.75) is 25.4 Å². The van der Waals surface area contributed by atoms with Gasteiger partial charge in [0.25, 0.3) is 0 Å². The van der Waals surface area contributed by atoms with Crippen molar-refractivity contribution in [3.05, 3.63) is 35.4 Å². The van der Waals surface area contributed by atoms with E-state index < -0.39 is 6.29 Å². The summed E-state index contributed by atoms with van der Waals surface area (Å²) in [5.74, 6) is 0.233. The molecule has 0 aliphatic carbocycles. The molecule has 3 nitrogen and oxygen atoms in total. The third-order valence-corrected chi connectivity index (χ3v) is 2.90. The van der Waals surface area contributed by atoms with Crippen molar-refractivity contribution < 1.29 is 14.6 Å². The normalized spacial score (nSPS) is 32.5. The van der Waals surface area contributed by atoms with Crippen LogP contribution in [0.5, 0.6) is 5.75 Å². The van der Waals surface area contributed by atoms with Gasteiger partial charge in [-0.15, -0.1) is 0 Å². The van der Waals surface area contributed by atoms with Gasteiger partial charge in [0.1, 0.15) is 11.9 Å². The highest BCUT2D eigenvalue weighted by atomic mass is 16.7. The largest absolute Gasteiger partial charge is 0.507 e. The lowest BCUT2D eigenvalue weighted by Crippen LogP contribution is -2.15. The molecule has 3 atom stereocenters. The molecule has 1 aromatic carbocycles. The van der Waals surface area contributed by atoms with Crippen LogP contribution >= 0.6 is 0 Å². The second-order valence-corrected chi connectivity index (χ2v) is 3.91. The molecule has 1 fully saturated rings. The van der Waals surface area contributed by atoms with E-state index in [1.54, 1.807) is 6.07 Å². The van der Waals surface area contributed by atoms with Crippen LogP contribution in [0, 0.1) is 0 Å². The number of hydrogen-bond donors (Lipinski definition) is 1. The molecule has 2 aliphatic rings. The molecule has 0 amide bonds. The summed E-state index contributed by atoms with van der Waals surface area (Å²) in [4.78, 5) is 0. The van der Waals surface area contributed by atoms with Gasteiger partial charge in [-0.25, -0.2) is 0 Å². The van der Waals surface area contributed by atoms with Crippen LogP contribution in [0.2, 0.25) is 0 Å². The monoisotopic (exact) mass is 204 g/mol. The average Bonchev–Trinajstić information content (AvgIpc) is 2.45. The third-order valence-electron chi connectivity index (χ3n) is 2.90. The molecule has 3 rings (SSSR count). The molecule has 3 heteroatoms. The average molecular weight is 204 g/mol. The first-order valence-electron chi connectivity index (χ1n) is 5.07. The lowest BCUT2D eigenvalue weighted by molar-refractivity contribution is -0.0634. The van der Waals surface area contributed by atoms with E-state index in [4.69, 9.17) is 9.47 Å². The SMILES string of the molecule is C[C@H]1O[C@H]2O[C@@H]1C=Cc1cccc(O)c12. The Bertz CT molecular complexity index is 425. The van der Waals surface area contributed by atoms with Gasteiger partial charge >= 0.3 is 0 Å². The summed E-state index contributed by atoms with van der Waals surface area (Å²) in [7, 11) is 0. The van der Waals surface area contributed by atoms with Gasteiger partial charge in [0, 0.05) is 0 Å². The quantitative estimate of drug-likeness (QED) is 0.704. The predicted octanol–water partition coefficient (Wildman–Crippen LogP) is 2.22.